The van der Waals surface area contributed by atoms with Crippen molar-refractivity contribution >= 4 is 11.9 Å². The predicted octanol–water partition coefficient (Wildman–Crippen LogP) is 13.1. The van der Waals surface area contributed by atoms with Crippen LogP contribution in [0, 0.1) is 17.8 Å². The standard InChI is InChI=1S/C22H44O2.C17H34O2/c1-4-7-9-10-11-12-13-14-15-16-17-19-22(23)24-20-21(6-3)18-8-5-2;1-4-5-6-7-8-9-10-12-16(15(2)3)13-11-14-17(18)19/h21H,4-20H2,1-3H3;15-16H,4-14H2,1-3H3,(H,18,19). The zero-order chi connectivity index (χ0) is 32.4. The number of ether oxygens (including phenoxy) is 1. The smallest absolute Gasteiger partial charge is 0.305 e. The van der Waals surface area contributed by atoms with E-state index < -0.39 is 5.97 Å². The van der Waals surface area contributed by atoms with Crippen molar-refractivity contribution in [2.45, 2.75) is 215 Å². The van der Waals surface area contributed by atoms with E-state index in [2.05, 4.69) is 41.5 Å². The van der Waals surface area contributed by atoms with Gasteiger partial charge in [-0.25, -0.2) is 0 Å². The van der Waals surface area contributed by atoms with Gasteiger partial charge in [-0.15, -0.1) is 0 Å². The summed E-state index contributed by atoms with van der Waals surface area (Å²) in [5.41, 5.74) is 0. The van der Waals surface area contributed by atoms with Crippen molar-refractivity contribution in [1.82, 2.24) is 0 Å². The molecule has 2 atom stereocenters. The average molecular weight is 611 g/mol. The third kappa shape index (κ3) is 35.3. The minimum Gasteiger partial charge on any atom is -0.481 e. The maximum Gasteiger partial charge on any atom is 0.305 e. The quantitative estimate of drug-likeness (QED) is 0.0626. The molecule has 0 saturated carbocycles. The van der Waals surface area contributed by atoms with Crippen LogP contribution in [0.15, 0.2) is 0 Å². The molecule has 43 heavy (non-hydrogen) atoms. The fraction of sp³-hybridized carbons (Fsp3) is 0.949. The summed E-state index contributed by atoms with van der Waals surface area (Å²) >= 11 is 0. The monoisotopic (exact) mass is 611 g/mol. The van der Waals surface area contributed by atoms with Crippen LogP contribution in [-0.4, -0.2) is 23.7 Å². The van der Waals surface area contributed by atoms with E-state index in [0.29, 0.717) is 31.3 Å². The van der Waals surface area contributed by atoms with Gasteiger partial charge in [-0.1, -0.05) is 176 Å². The molecule has 0 aliphatic carbocycles. The molecule has 258 valence electrons. The zero-order valence-electron chi connectivity index (χ0n) is 30.2. The lowest BCUT2D eigenvalue weighted by atomic mass is 9.86. The number of rotatable bonds is 31. The maximum atomic E-state index is 11.8. The molecule has 0 fully saturated rings. The number of carbonyl (C=O) groups is 2. The fourth-order valence-corrected chi connectivity index (χ4v) is 5.80. The number of hydrogen-bond acceptors (Lipinski definition) is 3. The minimum atomic E-state index is -0.654. The highest BCUT2D eigenvalue weighted by atomic mass is 16.5. The third-order valence-electron chi connectivity index (χ3n) is 9.09. The largest absolute Gasteiger partial charge is 0.481 e. The minimum absolute atomic E-state index is 0.0147. The molecular weight excluding hydrogens is 532 g/mol. The molecule has 4 heteroatoms. The maximum absolute atomic E-state index is 11.8. The van der Waals surface area contributed by atoms with E-state index in [0.717, 1.165) is 31.6 Å². The number of carbonyl (C=O) groups excluding carboxylic acids is 1. The number of unbranched alkanes of at least 4 members (excludes halogenated alkanes) is 17. The first-order valence-corrected chi connectivity index (χ1v) is 19.2. The van der Waals surface area contributed by atoms with Gasteiger partial charge in [-0.05, 0) is 43.4 Å². The van der Waals surface area contributed by atoms with Crippen LogP contribution in [-0.2, 0) is 14.3 Å². The van der Waals surface area contributed by atoms with Gasteiger partial charge in [0.15, 0.2) is 0 Å². The van der Waals surface area contributed by atoms with Gasteiger partial charge in [0.25, 0.3) is 0 Å². The van der Waals surface area contributed by atoms with Crippen molar-refractivity contribution in [3.05, 3.63) is 0 Å². The Labute approximate surface area is 270 Å². The molecule has 0 aliphatic rings. The molecule has 0 spiro atoms. The molecule has 0 amide bonds. The van der Waals surface area contributed by atoms with E-state index in [-0.39, 0.29) is 5.97 Å². The highest BCUT2D eigenvalue weighted by Crippen LogP contribution is 2.25. The Balaban J connectivity index is 0. The SMILES string of the molecule is CCCCCCCCCC(CCCC(=O)O)C(C)C.CCCCCCCCCCCCCC(=O)OCC(CC)CCCC. The fourth-order valence-electron chi connectivity index (χ4n) is 5.80. The van der Waals surface area contributed by atoms with E-state index in [1.807, 2.05) is 0 Å². The summed E-state index contributed by atoms with van der Waals surface area (Å²) in [6, 6.07) is 0. The molecule has 1 N–H and O–H groups in total. The first-order valence-electron chi connectivity index (χ1n) is 19.2. The van der Waals surface area contributed by atoms with Gasteiger partial charge in [0, 0.05) is 12.8 Å². The summed E-state index contributed by atoms with van der Waals surface area (Å²) in [7, 11) is 0. The molecule has 0 radical (unpaired) electrons. The van der Waals surface area contributed by atoms with Crippen LogP contribution in [0.2, 0.25) is 0 Å². The Kier molecular flexibility index (Phi) is 36.3. The number of hydrogen-bond donors (Lipinski definition) is 1. The Hall–Kier alpha value is -1.06. The van der Waals surface area contributed by atoms with E-state index in [4.69, 9.17) is 9.84 Å². The van der Waals surface area contributed by atoms with Gasteiger partial charge in [0.1, 0.15) is 0 Å². The normalized spacial score (nSPS) is 12.5. The topological polar surface area (TPSA) is 63.6 Å². The lowest BCUT2D eigenvalue weighted by molar-refractivity contribution is -0.145. The van der Waals surface area contributed by atoms with Gasteiger partial charge < -0.3 is 9.84 Å². The molecule has 4 nitrogen and oxygen atoms in total. The number of aliphatic carboxylic acids is 1. The summed E-state index contributed by atoms with van der Waals surface area (Å²) < 4.78 is 5.45. The lowest BCUT2D eigenvalue weighted by Gasteiger charge is -2.20. The van der Waals surface area contributed by atoms with Crippen LogP contribution in [0.3, 0.4) is 0 Å². The average Bonchev–Trinajstić information content (AvgIpc) is 2.98. The van der Waals surface area contributed by atoms with Gasteiger partial charge >= 0.3 is 11.9 Å². The highest BCUT2D eigenvalue weighted by Gasteiger charge is 2.13. The van der Waals surface area contributed by atoms with Crippen LogP contribution in [0.1, 0.15) is 215 Å². The lowest BCUT2D eigenvalue weighted by Crippen LogP contribution is -2.13. The van der Waals surface area contributed by atoms with Crippen molar-refractivity contribution in [1.29, 1.82) is 0 Å². The van der Waals surface area contributed by atoms with Gasteiger partial charge in [0.05, 0.1) is 6.61 Å². The van der Waals surface area contributed by atoms with Crippen molar-refractivity contribution in [2.24, 2.45) is 17.8 Å². The second-order valence-corrected chi connectivity index (χ2v) is 13.6. The van der Waals surface area contributed by atoms with Crippen LogP contribution < -0.4 is 0 Å². The number of carboxylic acid groups (broad SMARTS) is 1. The zero-order valence-corrected chi connectivity index (χ0v) is 30.2. The summed E-state index contributed by atoms with van der Waals surface area (Å²) in [5, 5.41) is 8.68. The second kappa shape index (κ2) is 35.4. The molecule has 0 saturated heterocycles. The summed E-state index contributed by atoms with van der Waals surface area (Å²) in [6.07, 6.45) is 33.0. The van der Waals surface area contributed by atoms with E-state index in [1.165, 1.54) is 135 Å². The molecule has 0 heterocycles. The summed E-state index contributed by atoms with van der Waals surface area (Å²) in [4.78, 5) is 22.3. The van der Waals surface area contributed by atoms with Crippen LogP contribution in [0.4, 0.5) is 0 Å². The van der Waals surface area contributed by atoms with Crippen LogP contribution in [0.25, 0.3) is 0 Å². The molecule has 0 rings (SSSR count). The molecule has 0 aromatic heterocycles. The number of carboxylic acids is 1. The van der Waals surface area contributed by atoms with Crippen molar-refractivity contribution < 1.29 is 19.4 Å². The second-order valence-electron chi connectivity index (χ2n) is 13.6. The van der Waals surface area contributed by atoms with Crippen molar-refractivity contribution in [2.75, 3.05) is 6.61 Å². The molecule has 0 aromatic carbocycles. The Morgan fingerprint density at radius 3 is 1.42 bits per heavy atom. The van der Waals surface area contributed by atoms with Crippen molar-refractivity contribution in [3.63, 3.8) is 0 Å². The highest BCUT2D eigenvalue weighted by molar-refractivity contribution is 5.69. The van der Waals surface area contributed by atoms with E-state index in [9.17, 15) is 9.59 Å². The summed E-state index contributed by atoms with van der Waals surface area (Å²) in [5.74, 6) is 1.33. The Morgan fingerprint density at radius 2 is 0.977 bits per heavy atom. The third-order valence-corrected chi connectivity index (χ3v) is 9.09. The van der Waals surface area contributed by atoms with E-state index >= 15 is 0 Å². The Bertz CT molecular complexity index is 574. The number of esters is 1. The van der Waals surface area contributed by atoms with Crippen molar-refractivity contribution in [3.8, 4) is 0 Å². The first-order chi connectivity index (χ1) is 20.8. The van der Waals surface area contributed by atoms with Crippen LogP contribution >= 0.6 is 0 Å². The molecule has 0 aromatic rings. The van der Waals surface area contributed by atoms with Gasteiger partial charge in [-0.2, -0.15) is 0 Å². The van der Waals surface area contributed by atoms with Gasteiger partial charge in [0.2, 0.25) is 0 Å². The first kappa shape index (κ1) is 44.1. The molecule has 0 bridgehead atoms. The molecular formula is C39H78O4. The summed E-state index contributed by atoms with van der Waals surface area (Å²) in [6.45, 7) is 14.1. The molecule has 0 aliphatic heterocycles. The molecule has 2 unspecified atom stereocenters. The predicted molar refractivity (Wildman–Crippen MR) is 188 cm³/mol. The van der Waals surface area contributed by atoms with Gasteiger partial charge in [-0.3, -0.25) is 9.59 Å². The van der Waals surface area contributed by atoms with E-state index in [1.54, 1.807) is 0 Å². The van der Waals surface area contributed by atoms with Crippen LogP contribution in [0.5, 0.6) is 0 Å². The Morgan fingerprint density at radius 1 is 0.535 bits per heavy atom.